The van der Waals surface area contributed by atoms with Gasteiger partial charge in [0.25, 0.3) is 0 Å². The molecule has 0 aromatic heterocycles. The molecule has 0 atom stereocenters. The molecule has 0 unspecified atom stereocenters. The lowest BCUT2D eigenvalue weighted by atomic mass is 10.1. The fourth-order valence-electron chi connectivity index (χ4n) is 2.58. The highest BCUT2D eigenvalue weighted by Crippen LogP contribution is 2.26. The molecule has 1 heterocycles. The maximum atomic E-state index is 12.3. The molecule has 1 fully saturated rings. The molecule has 2 rings (SSSR count). The van der Waals surface area contributed by atoms with Gasteiger partial charge in [0.05, 0.1) is 17.4 Å². The Labute approximate surface area is 120 Å². The molecule has 4 nitrogen and oxygen atoms in total. The van der Waals surface area contributed by atoms with Crippen LogP contribution in [-0.2, 0) is 4.74 Å². The molecule has 20 heavy (non-hydrogen) atoms. The molecule has 0 bridgehead atoms. The molecule has 1 aromatic carbocycles. The predicted molar refractivity (Wildman–Crippen MR) is 82.1 cm³/mol. The first-order chi connectivity index (χ1) is 9.58. The lowest BCUT2D eigenvalue weighted by Gasteiger charge is -2.25. The van der Waals surface area contributed by atoms with Crippen molar-refractivity contribution in [3.05, 3.63) is 23.8 Å². The van der Waals surface area contributed by atoms with Gasteiger partial charge in [-0.2, -0.15) is 0 Å². The van der Waals surface area contributed by atoms with Crippen molar-refractivity contribution < 1.29 is 9.53 Å². The van der Waals surface area contributed by atoms with E-state index in [9.17, 15) is 4.79 Å². The van der Waals surface area contributed by atoms with Gasteiger partial charge >= 0.3 is 5.97 Å². The molecule has 110 valence electrons. The van der Waals surface area contributed by atoms with Gasteiger partial charge in [0.1, 0.15) is 0 Å². The fraction of sp³-hybridized carbons (Fsp3) is 0.562. The smallest absolute Gasteiger partial charge is 0.340 e. The van der Waals surface area contributed by atoms with Crippen LogP contribution in [0.25, 0.3) is 0 Å². The number of nitrogens with zero attached hydrogens (tertiary/aromatic N) is 1. The summed E-state index contributed by atoms with van der Waals surface area (Å²) in [6.07, 6.45) is 4.74. The minimum Gasteiger partial charge on any atom is -0.459 e. The third kappa shape index (κ3) is 3.65. The van der Waals surface area contributed by atoms with Crippen molar-refractivity contribution in [2.75, 3.05) is 23.7 Å². The summed E-state index contributed by atoms with van der Waals surface area (Å²) in [6.45, 7) is 5.70. The Morgan fingerprint density at radius 1 is 1.20 bits per heavy atom. The summed E-state index contributed by atoms with van der Waals surface area (Å²) in [4.78, 5) is 14.5. The number of carbonyl (C=O) groups excluding carboxylic acids is 1. The Balaban J connectivity index is 2.29. The topological polar surface area (TPSA) is 55.6 Å². The van der Waals surface area contributed by atoms with Crippen molar-refractivity contribution >= 4 is 17.3 Å². The normalized spacial score (nSPS) is 16.1. The molecule has 0 radical (unpaired) electrons. The summed E-state index contributed by atoms with van der Waals surface area (Å²) in [5, 5.41) is 0. The van der Waals surface area contributed by atoms with Gasteiger partial charge in [0.15, 0.2) is 0 Å². The molecular weight excluding hydrogens is 252 g/mol. The third-order valence-corrected chi connectivity index (χ3v) is 3.53. The van der Waals surface area contributed by atoms with Crippen LogP contribution in [0.1, 0.15) is 49.9 Å². The van der Waals surface area contributed by atoms with Gasteiger partial charge in [-0.3, -0.25) is 0 Å². The Morgan fingerprint density at radius 2 is 1.85 bits per heavy atom. The zero-order valence-corrected chi connectivity index (χ0v) is 12.4. The van der Waals surface area contributed by atoms with E-state index in [4.69, 9.17) is 10.5 Å². The van der Waals surface area contributed by atoms with Crippen LogP contribution < -0.4 is 10.6 Å². The quantitative estimate of drug-likeness (QED) is 0.680. The number of nitrogen functional groups attached to an aromatic ring is 1. The van der Waals surface area contributed by atoms with Crippen LogP contribution in [0.3, 0.4) is 0 Å². The van der Waals surface area contributed by atoms with Gasteiger partial charge in [0.2, 0.25) is 0 Å². The molecule has 1 aliphatic rings. The van der Waals surface area contributed by atoms with E-state index in [1.165, 1.54) is 25.7 Å². The van der Waals surface area contributed by atoms with E-state index in [2.05, 4.69) is 4.90 Å². The number of esters is 1. The van der Waals surface area contributed by atoms with Crippen LogP contribution in [0, 0.1) is 0 Å². The maximum Gasteiger partial charge on any atom is 0.340 e. The Kier molecular flexibility index (Phi) is 4.88. The predicted octanol–water partition coefficient (Wildman–Crippen LogP) is 3.21. The molecule has 1 aliphatic heterocycles. The van der Waals surface area contributed by atoms with Crippen LogP contribution in [0.2, 0.25) is 0 Å². The minimum atomic E-state index is -0.286. The van der Waals surface area contributed by atoms with Crippen LogP contribution in [0.5, 0.6) is 0 Å². The molecule has 0 saturated carbocycles. The van der Waals surface area contributed by atoms with Crippen molar-refractivity contribution in [1.82, 2.24) is 0 Å². The first kappa shape index (κ1) is 14.7. The van der Waals surface area contributed by atoms with Gasteiger partial charge in [-0.25, -0.2) is 4.79 Å². The van der Waals surface area contributed by atoms with Crippen molar-refractivity contribution in [1.29, 1.82) is 0 Å². The lowest BCUT2D eigenvalue weighted by Crippen LogP contribution is -2.26. The molecular formula is C16H24N2O2. The minimum absolute atomic E-state index is 0.124. The van der Waals surface area contributed by atoms with Gasteiger partial charge < -0.3 is 15.4 Å². The fourth-order valence-corrected chi connectivity index (χ4v) is 2.58. The zero-order chi connectivity index (χ0) is 14.5. The summed E-state index contributed by atoms with van der Waals surface area (Å²) >= 11 is 0. The second-order valence-corrected chi connectivity index (χ2v) is 5.63. The lowest BCUT2D eigenvalue weighted by molar-refractivity contribution is 0.0378. The molecule has 1 aromatic rings. The number of anilines is 2. The number of hydrogen-bond donors (Lipinski definition) is 1. The van der Waals surface area contributed by atoms with E-state index in [-0.39, 0.29) is 12.1 Å². The van der Waals surface area contributed by atoms with Crippen molar-refractivity contribution in [3.63, 3.8) is 0 Å². The number of carbonyl (C=O) groups is 1. The molecule has 1 saturated heterocycles. The average Bonchev–Trinajstić information content (AvgIpc) is 2.66. The van der Waals surface area contributed by atoms with Crippen molar-refractivity contribution in [3.8, 4) is 0 Å². The Morgan fingerprint density at radius 3 is 2.45 bits per heavy atom. The van der Waals surface area contributed by atoms with Crippen LogP contribution >= 0.6 is 0 Å². The standard InChI is InChI=1S/C16H24N2O2/c1-12(2)20-16(19)14-11-13(17)7-8-15(14)18-9-5-3-4-6-10-18/h7-8,11-12H,3-6,9-10,17H2,1-2H3. The summed E-state index contributed by atoms with van der Waals surface area (Å²) in [5.41, 5.74) is 7.96. The van der Waals surface area contributed by atoms with Crippen molar-refractivity contribution in [2.45, 2.75) is 45.6 Å². The van der Waals surface area contributed by atoms with Crippen molar-refractivity contribution in [2.24, 2.45) is 0 Å². The summed E-state index contributed by atoms with van der Waals surface area (Å²) in [6, 6.07) is 5.52. The SMILES string of the molecule is CC(C)OC(=O)c1cc(N)ccc1N1CCCCCC1. The highest BCUT2D eigenvalue weighted by molar-refractivity contribution is 5.97. The van der Waals surface area contributed by atoms with E-state index in [1.54, 1.807) is 6.07 Å². The highest BCUT2D eigenvalue weighted by Gasteiger charge is 2.20. The highest BCUT2D eigenvalue weighted by atomic mass is 16.5. The second kappa shape index (κ2) is 6.64. The van der Waals surface area contributed by atoms with Crippen LogP contribution in [0.15, 0.2) is 18.2 Å². The number of rotatable bonds is 3. The van der Waals surface area contributed by atoms with E-state index >= 15 is 0 Å². The van der Waals surface area contributed by atoms with E-state index in [0.29, 0.717) is 11.3 Å². The van der Waals surface area contributed by atoms with Crippen LogP contribution in [0.4, 0.5) is 11.4 Å². The number of ether oxygens (including phenoxy) is 1. The van der Waals surface area contributed by atoms with Gasteiger partial charge in [0, 0.05) is 18.8 Å². The number of benzene rings is 1. The summed E-state index contributed by atoms with van der Waals surface area (Å²) in [7, 11) is 0. The van der Waals surface area contributed by atoms with E-state index in [1.807, 2.05) is 26.0 Å². The maximum absolute atomic E-state index is 12.3. The summed E-state index contributed by atoms with van der Waals surface area (Å²) < 4.78 is 5.33. The average molecular weight is 276 g/mol. The van der Waals surface area contributed by atoms with Gasteiger partial charge in [-0.05, 0) is 44.9 Å². The largest absolute Gasteiger partial charge is 0.459 e. The molecule has 0 spiro atoms. The first-order valence-electron chi connectivity index (χ1n) is 7.43. The number of hydrogen-bond acceptors (Lipinski definition) is 4. The Bertz CT molecular complexity index is 464. The second-order valence-electron chi connectivity index (χ2n) is 5.63. The Hall–Kier alpha value is -1.71. The monoisotopic (exact) mass is 276 g/mol. The van der Waals surface area contributed by atoms with Gasteiger partial charge in [-0.15, -0.1) is 0 Å². The molecule has 0 amide bonds. The number of nitrogens with two attached hydrogens (primary N) is 1. The van der Waals surface area contributed by atoms with E-state index in [0.717, 1.165) is 18.8 Å². The molecule has 0 aliphatic carbocycles. The van der Waals surface area contributed by atoms with E-state index < -0.39 is 0 Å². The zero-order valence-electron chi connectivity index (χ0n) is 12.4. The first-order valence-corrected chi connectivity index (χ1v) is 7.43. The van der Waals surface area contributed by atoms with Gasteiger partial charge in [-0.1, -0.05) is 12.8 Å². The molecule has 2 N–H and O–H groups in total. The third-order valence-electron chi connectivity index (χ3n) is 3.53. The summed E-state index contributed by atoms with van der Waals surface area (Å²) in [5.74, 6) is -0.286. The molecule has 4 heteroatoms. The van der Waals surface area contributed by atoms with Crippen LogP contribution in [-0.4, -0.2) is 25.2 Å².